The Morgan fingerprint density at radius 1 is 1.35 bits per heavy atom. The van der Waals surface area contributed by atoms with E-state index >= 15 is 0 Å². The highest BCUT2D eigenvalue weighted by molar-refractivity contribution is 5.91. The minimum atomic E-state index is -0.113. The highest BCUT2D eigenvalue weighted by atomic mass is 16.2. The van der Waals surface area contributed by atoms with Crippen molar-refractivity contribution in [2.75, 3.05) is 6.54 Å². The fourth-order valence-electron chi connectivity index (χ4n) is 3.54. The summed E-state index contributed by atoms with van der Waals surface area (Å²) in [5.74, 6) is 1.18. The molecule has 0 bridgehead atoms. The van der Waals surface area contributed by atoms with Gasteiger partial charge in [0, 0.05) is 6.54 Å². The third kappa shape index (κ3) is 1.99. The molecule has 3 nitrogen and oxygen atoms in total. The second kappa shape index (κ2) is 4.27. The molecule has 2 aliphatic carbocycles. The molecule has 17 heavy (non-hydrogen) atoms. The van der Waals surface area contributed by atoms with Crippen molar-refractivity contribution < 1.29 is 4.79 Å². The van der Waals surface area contributed by atoms with Gasteiger partial charge in [-0.3, -0.25) is 10.1 Å². The zero-order valence-corrected chi connectivity index (χ0v) is 10.9. The Balaban J connectivity index is 1.68. The van der Waals surface area contributed by atoms with E-state index in [4.69, 9.17) is 0 Å². The van der Waals surface area contributed by atoms with E-state index < -0.39 is 0 Å². The van der Waals surface area contributed by atoms with Crippen LogP contribution < -0.4 is 5.32 Å². The van der Waals surface area contributed by atoms with Gasteiger partial charge in [-0.15, -0.1) is 0 Å². The van der Waals surface area contributed by atoms with Crippen molar-refractivity contribution in [3.8, 4) is 0 Å². The minimum Gasteiger partial charge on any atom is -0.325 e. The fraction of sp³-hybridized carbons (Fsp3) is 0.929. The highest BCUT2D eigenvalue weighted by Gasteiger charge is 2.58. The van der Waals surface area contributed by atoms with Crippen molar-refractivity contribution in [1.29, 1.82) is 0 Å². The predicted octanol–water partition coefficient (Wildman–Crippen LogP) is 2.27. The summed E-state index contributed by atoms with van der Waals surface area (Å²) < 4.78 is 0. The SMILES string of the molecule is CCCC1NC2(CC2)C(=O)N1CC1CCCC1. The van der Waals surface area contributed by atoms with Crippen LogP contribution >= 0.6 is 0 Å². The largest absolute Gasteiger partial charge is 0.325 e. The van der Waals surface area contributed by atoms with Gasteiger partial charge in [-0.05, 0) is 38.0 Å². The Labute approximate surface area is 104 Å². The Kier molecular flexibility index (Phi) is 2.89. The summed E-state index contributed by atoms with van der Waals surface area (Å²) in [5, 5.41) is 3.59. The molecular formula is C14H24N2O. The lowest BCUT2D eigenvalue weighted by Crippen LogP contribution is -2.39. The second-order valence-corrected chi connectivity index (χ2v) is 6.14. The van der Waals surface area contributed by atoms with Crippen LogP contribution in [-0.4, -0.2) is 29.1 Å². The first kappa shape index (κ1) is 11.5. The van der Waals surface area contributed by atoms with Crippen molar-refractivity contribution >= 4 is 5.91 Å². The van der Waals surface area contributed by atoms with Crippen LogP contribution in [0.3, 0.4) is 0 Å². The van der Waals surface area contributed by atoms with Crippen LogP contribution in [0.25, 0.3) is 0 Å². The number of nitrogens with one attached hydrogen (secondary N) is 1. The van der Waals surface area contributed by atoms with E-state index in [-0.39, 0.29) is 5.54 Å². The maximum Gasteiger partial charge on any atom is 0.244 e. The molecule has 3 rings (SSSR count). The van der Waals surface area contributed by atoms with Gasteiger partial charge >= 0.3 is 0 Å². The number of rotatable bonds is 4. The first-order valence-electron chi connectivity index (χ1n) is 7.34. The number of hydrogen-bond acceptors (Lipinski definition) is 2. The van der Waals surface area contributed by atoms with E-state index in [1.165, 1.54) is 25.7 Å². The smallest absolute Gasteiger partial charge is 0.244 e. The molecule has 1 atom stereocenters. The number of carbonyl (C=O) groups excluding carboxylic acids is 1. The number of amides is 1. The van der Waals surface area contributed by atoms with Crippen molar-refractivity contribution in [2.24, 2.45) is 5.92 Å². The van der Waals surface area contributed by atoms with Crippen molar-refractivity contribution in [3.05, 3.63) is 0 Å². The van der Waals surface area contributed by atoms with Crippen LogP contribution in [0.1, 0.15) is 58.3 Å². The number of nitrogens with zero attached hydrogens (tertiary/aromatic N) is 1. The predicted molar refractivity (Wildman–Crippen MR) is 67.5 cm³/mol. The summed E-state index contributed by atoms with van der Waals surface area (Å²) in [6.07, 6.45) is 10.1. The average molecular weight is 236 g/mol. The summed E-state index contributed by atoms with van der Waals surface area (Å²) in [6, 6.07) is 0. The number of hydrogen-bond donors (Lipinski definition) is 1. The zero-order chi connectivity index (χ0) is 11.9. The first-order valence-corrected chi connectivity index (χ1v) is 7.34. The van der Waals surface area contributed by atoms with E-state index in [9.17, 15) is 4.79 Å². The lowest BCUT2D eigenvalue weighted by molar-refractivity contribution is -0.131. The topological polar surface area (TPSA) is 32.3 Å². The summed E-state index contributed by atoms with van der Waals surface area (Å²) in [5.41, 5.74) is -0.113. The van der Waals surface area contributed by atoms with Crippen LogP contribution in [0.5, 0.6) is 0 Å². The van der Waals surface area contributed by atoms with E-state index in [1.54, 1.807) is 0 Å². The van der Waals surface area contributed by atoms with E-state index in [0.29, 0.717) is 12.1 Å². The van der Waals surface area contributed by atoms with Gasteiger partial charge < -0.3 is 4.90 Å². The third-order valence-corrected chi connectivity index (χ3v) is 4.73. The molecule has 0 radical (unpaired) electrons. The molecule has 3 aliphatic rings. The van der Waals surface area contributed by atoms with Crippen LogP contribution in [0, 0.1) is 5.92 Å². The van der Waals surface area contributed by atoms with Gasteiger partial charge in [0.2, 0.25) is 5.91 Å². The fourth-order valence-corrected chi connectivity index (χ4v) is 3.54. The molecule has 3 heteroatoms. The summed E-state index contributed by atoms with van der Waals surface area (Å²) in [7, 11) is 0. The zero-order valence-electron chi connectivity index (χ0n) is 10.9. The maximum absolute atomic E-state index is 12.4. The van der Waals surface area contributed by atoms with Gasteiger partial charge in [0.15, 0.2) is 0 Å². The first-order chi connectivity index (χ1) is 8.25. The Morgan fingerprint density at radius 2 is 2.06 bits per heavy atom. The summed E-state index contributed by atoms with van der Waals surface area (Å²) >= 11 is 0. The van der Waals surface area contributed by atoms with Crippen LogP contribution in [-0.2, 0) is 4.79 Å². The highest BCUT2D eigenvalue weighted by Crippen LogP contribution is 2.43. The molecule has 1 saturated heterocycles. The summed E-state index contributed by atoms with van der Waals surface area (Å²) in [6.45, 7) is 3.22. The Morgan fingerprint density at radius 3 is 2.65 bits per heavy atom. The molecule has 1 spiro atoms. The van der Waals surface area contributed by atoms with Gasteiger partial charge in [0.1, 0.15) is 0 Å². The molecule has 0 aromatic rings. The third-order valence-electron chi connectivity index (χ3n) is 4.73. The van der Waals surface area contributed by atoms with Crippen LogP contribution in [0.15, 0.2) is 0 Å². The standard InChI is InChI=1S/C14H24N2O/c1-2-5-12-15-14(8-9-14)13(17)16(12)10-11-6-3-4-7-11/h11-12,15H,2-10H2,1H3. The number of carbonyl (C=O) groups is 1. The Bertz CT molecular complexity index is 305. The van der Waals surface area contributed by atoms with Crippen LogP contribution in [0.4, 0.5) is 0 Å². The molecule has 96 valence electrons. The second-order valence-electron chi connectivity index (χ2n) is 6.14. The van der Waals surface area contributed by atoms with Crippen molar-refractivity contribution in [3.63, 3.8) is 0 Å². The molecule has 2 saturated carbocycles. The van der Waals surface area contributed by atoms with Crippen molar-refractivity contribution in [2.45, 2.75) is 70.0 Å². The van der Waals surface area contributed by atoms with Gasteiger partial charge in [-0.25, -0.2) is 0 Å². The lowest BCUT2D eigenvalue weighted by atomic mass is 10.1. The molecule has 3 fully saturated rings. The van der Waals surface area contributed by atoms with Crippen molar-refractivity contribution in [1.82, 2.24) is 10.2 Å². The normalized spacial score (nSPS) is 31.7. The van der Waals surface area contributed by atoms with Gasteiger partial charge in [0.05, 0.1) is 11.7 Å². The van der Waals surface area contributed by atoms with E-state index in [1.807, 2.05) is 0 Å². The molecule has 1 aliphatic heterocycles. The van der Waals surface area contributed by atoms with Gasteiger partial charge in [-0.2, -0.15) is 0 Å². The molecular weight excluding hydrogens is 212 g/mol. The Hall–Kier alpha value is -0.570. The quantitative estimate of drug-likeness (QED) is 0.812. The summed E-state index contributed by atoms with van der Waals surface area (Å²) in [4.78, 5) is 14.6. The monoisotopic (exact) mass is 236 g/mol. The molecule has 0 aromatic carbocycles. The molecule has 1 N–H and O–H groups in total. The molecule has 1 unspecified atom stereocenters. The molecule has 0 aromatic heterocycles. The van der Waals surface area contributed by atoms with E-state index in [0.717, 1.165) is 38.1 Å². The van der Waals surface area contributed by atoms with Gasteiger partial charge in [0.25, 0.3) is 0 Å². The lowest BCUT2D eigenvalue weighted by Gasteiger charge is -2.26. The van der Waals surface area contributed by atoms with Crippen LogP contribution in [0.2, 0.25) is 0 Å². The molecule has 1 heterocycles. The van der Waals surface area contributed by atoms with E-state index in [2.05, 4.69) is 17.1 Å². The average Bonchev–Trinajstić information content (AvgIpc) is 2.83. The molecule has 1 amide bonds. The van der Waals surface area contributed by atoms with Gasteiger partial charge in [-0.1, -0.05) is 26.2 Å². The minimum absolute atomic E-state index is 0.113. The maximum atomic E-state index is 12.4.